The van der Waals surface area contributed by atoms with Gasteiger partial charge < -0.3 is 5.11 Å². The van der Waals surface area contributed by atoms with Crippen molar-refractivity contribution in [3.63, 3.8) is 0 Å². The summed E-state index contributed by atoms with van der Waals surface area (Å²) < 4.78 is 0. The maximum absolute atomic E-state index is 10.0. The molecule has 0 aromatic rings. The van der Waals surface area contributed by atoms with Gasteiger partial charge in [0.05, 0.1) is 7.85 Å². The molecule has 0 aromatic heterocycles. The number of carbonyl (C=O) groups is 1. The zero-order valence-corrected chi connectivity index (χ0v) is 3.85. The van der Waals surface area contributed by atoms with Gasteiger partial charge >= 0.3 is 0 Å². The third-order valence-corrected chi connectivity index (χ3v) is 0.507. The Morgan fingerprint density at radius 2 is 2.29 bits per heavy atom. The summed E-state index contributed by atoms with van der Waals surface area (Å²) in [4.78, 5) is 10.0. The molecule has 7 heavy (non-hydrogen) atoms. The van der Waals surface area contributed by atoms with Crippen molar-refractivity contribution in [2.45, 2.75) is 6.32 Å². The van der Waals surface area contributed by atoms with Crippen LogP contribution < -0.4 is 0 Å². The van der Waals surface area contributed by atoms with Crippen molar-refractivity contribution in [1.29, 1.82) is 0 Å². The van der Waals surface area contributed by atoms with Gasteiger partial charge in [0.1, 0.15) is 0 Å². The first kappa shape index (κ1) is 6.27. The molecule has 0 aliphatic carbocycles. The van der Waals surface area contributed by atoms with Crippen LogP contribution in [0.2, 0.25) is 6.32 Å². The fourth-order valence-electron chi connectivity index (χ4n) is 0.118. The first-order valence-corrected chi connectivity index (χ1v) is 1.79. The second kappa shape index (κ2) is 2.45. The Bertz CT molecular complexity index is 97.9. The third kappa shape index (κ3) is 2.03. The molecule has 0 bridgehead atoms. The molecule has 0 unspecified atom stereocenters. The summed E-state index contributed by atoms with van der Waals surface area (Å²) in [6.45, 7) is 2.95. The molecule has 0 fully saturated rings. The highest BCUT2D eigenvalue weighted by molar-refractivity contribution is 6.23. The highest BCUT2D eigenvalue weighted by atomic mass is 16.3. The van der Waals surface area contributed by atoms with Crippen LogP contribution in [-0.4, -0.2) is 18.7 Å². The lowest BCUT2D eigenvalue weighted by atomic mass is 10.0. The normalized spacial score (nSPS) is 8.00. The van der Waals surface area contributed by atoms with E-state index in [0.29, 0.717) is 0 Å². The molecule has 0 saturated carbocycles. The number of ketones is 1. The minimum absolute atomic E-state index is 0.171. The number of allylic oxidation sites excluding steroid dienone is 1. The van der Waals surface area contributed by atoms with Gasteiger partial charge in [-0.05, 0) is 6.32 Å². The molecular weight excluding hydrogens is 90.9 g/mol. The number of rotatable bonds is 2. The second-order valence-corrected chi connectivity index (χ2v) is 1.07. The fraction of sp³-hybridized carbons (Fsp3) is 0.250. The van der Waals surface area contributed by atoms with E-state index in [4.69, 9.17) is 13.0 Å². The van der Waals surface area contributed by atoms with Crippen LogP contribution in [0.25, 0.3) is 0 Å². The first-order chi connectivity index (χ1) is 3.18. The average Bonchev–Trinajstić information content (AvgIpc) is 1.65. The van der Waals surface area contributed by atoms with Crippen LogP contribution in [0, 0.1) is 0 Å². The highest BCUT2D eigenvalue weighted by Crippen LogP contribution is 1.86. The fourth-order valence-corrected chi connectivity index (χ4v) is 0.118. The summed E-state index contributed by atoms with van der Waals surface area (Å²) in [6, 6.07) is 0. The van der Waals surface area contributed by atoms with Gasteiger partial charge in [-0.1, -0.05) is 6.58 Å². The maximum atomic E-state index is 10.0. The zero-order chi connectivity index (χ0) is 5.86. The molecule has 0 amide bonds. The molecule has 0 aliphatic rings. The molecule has 0 saturated heterocycles. The van der Waals surface area contributed by atoms with Gasteiger partial charge in [0.15, 0.2) is 11.5 Å². The summed E-state index contributed by atoms with van der Waals surface area (Å²) in [5.74, 6) is -0.984. The van der Waals surface area contributed by atoms with Crippen LogP contribution in [0.15, 0.2) is 12.3 Å². The van der Waals surface area contributed by atoms with Crippen LogP contribution in [0.3, 0.4) is 0 Å². The Labute approximate surface area is 43.3 Å². The molecule has 1 N–H and O–H groups in total. The van der Waals surface area contributed by atoms with E-state index in [1.807, 2.05) is 0 Å². The lowest BCUT2D eigenvalue weighted by Crippen LogP contribution is -1.97. The molecule has 0 aromatic carbocycles. The molecule has 3 heteroatoms. The van der Waals surface area contributed by atoms with Gasteiger partial charge in [-0.2, -0.15) is 0 Å². The number of aliphatic hydroxyl groups is 1. The van der Waals surface area contributed by atoms with Gasteiger partial charge in [0, 0.05) is 0 Å². The quantitative estimate of drug-likeness (QED) is 0.303. The predicted molar refractivity (Wildman–Crippen MR) is 27.3 cm³/mol. The predicted octanol–water partition coefficient (Wildman–Crippen LogP) is 0.214. The van der Waals surface area contributed by atoms with Crippen LogP contribution in [0.1, 0.15) is 0 Å². The number of hydrogen-bond acceptors (Lipinski definition) is 2. The van der Waals surface area contributed by atoms with Crippen molar-refractivity contribution >= 4 is 13.6 Å². The van der Waals surface area contributed by atoms with Crippen LogP contribution in [-0.2, 0) is 4.79 Å². The molecule has 0 aliphatic heterocycles. The van der Waals surface area contributed by atoms with Crippen molar-refractivity contribution in [1.82, 2.24) is 0 Å². The molecule has 0 heterocycles. The monoisotopic (exact) mass is 96.0 g/mol. The van der Waals surface area contributed by atoms with E-state index in [1.165, 1.54) is 0 Å². The van der Waals surface area contributed by atoms with Crippen LogP contribution in [0.4, 0.5) is 0 Å². The molecule has 0 atom stereocenters. The van der Waals surface area contributed by atoms with Gasteiger partial charge in [-0.3, -0.25) is 4.79 Å². The van der Waals surface area contributed by atoms with E-state index in [-0.39, 0.29) is 6.32 Å². The van der Waals surface area contributed by atoms with Crippen LogP contribution in [0.5, 0.6) is 0 Å². The summed E-state index contributed by atoms with van der Waals surface area (Å²) >= 11 is 0. The van der Waals surface area contributed by atoms with Crippen molar-refractivity contribution in [2.75, 3.05) is 0 Å². The smallest absolute Gasteiger partial charge is 0.187 e. The number of aliphatic hydroxyl groups excluding tert-OH is 1. The minimum Gasteiger partial charge on any atom is -0.505 e. The number of hydrogen-bond donors (Lipinski definition) is 1. The first-order valence-electron chi connectivity index (χ1n) is 1.79. The van der Waals surface area contributed by atoms with Crippen molar-refractivity contribution < 1.29 is 9.90 Å². The Morgan fingerprint density at radius 1 is 1.86 bits per heavy atom. The standard InChI is InChI=1S/C4H5BO2/c1-3(6)4(7)2-5/h6H,1-2H2. The largest absolute Gasteiger partial charge is 0.505 e. The lowest BCUT2D eigenvalue weighted by molar-refractivity contribution is -0.115. The average molecular weight is 95.9 g/mol. The van der Waals surface area contributed by atoms with Gasteiger partial charge in [-0.15, -0.1) is 0 Å². The summed E-state index contributed by atoms with van der Waals surface area (Å²) in [7, 11) is 4.80. The topological polar surface area (TPSA) is 37.3 Å². The van der Waals surface area contributed by atoms with Gasteiger partial charge in [-0.25, -0.2) is 0 Å². The van der Waals surface area contributed by atoms with Crippen molar-refractivity contribution in [2.24, 2.45) is 0 Å². The molecular formula is C4H5BO2. The summed E-state index contributed by atoms with van der Waals surface area (Å²) in [5.41, 5.74) is 0. The Morgan fingerprint density at radius 3 is 2.29 bits per heavy atom. The summed E-state index contributed by atoms with van der Waals surface area (Å²) in [5, 5.41) is 8.20. The van der Waals surface area contributed by atoms with E-state index in [1.54, 1.807) is 0 Å². The van der Waals surface area contributed by atoms with Gasteiger partial charge in [0.25, 0.3) is 0 Å². The molecule has 0 spiro atoms. The molecule has 0 rings (SSSR count). The van der Waals surface area contributed by atoms with E-state index in [0.717, 1.165) is 0 Å². The van der Waals surface area contributed by atoms with Crippen LogP contribution >= 0.6 is 0 Å². The van der Waals surface area contributed by atoms with E-state index < -0.39 is 11.5 Å². The Balaban J connectivity index is 3.58. The lowest BCUT2D eigenvalue weighted by Gasteiger charge is -1.87. The molecule has 2 nitrogen and oxygen atoms in total. The highest BCUT2D eigenvalue weighted by Gasteiger charge is 1.96. The Kier molecular flexibility index (Phi) is 2.19. The number of Topliss-reactive ketones (excluding diaryl/α,β-unsaturated/α-hetero) is 1. The second-order valence-electron chi connectivity index (χ2n) is 1.07. The molecule has 36 valence electrons. The molecule has 2 radical (unpaired) electrons. The third-order valence-electron chi connectivity index (χ3n) is 0.507. The maximum Gasteiger partial charge on any atom is 0.187 e. The SMILES string of the molecule is [B]CC(=O)C(=C)O. The van der Waals surface area contributed by atoms with Crippen molar-refractivity contribution in [3.8, 4) is 0 Å². The van der Waals surface area contributed by atoms with Gasteiger partial charge in [0.2, 0.25) is 0 Å². The van der Waals surface area contributed by atoms with E-state index in [2.05, 4.69) is 6.58 Å². The van der Waals surface area contributed by atoms with Crippen molar-refractivity contribution in [3.05, 3.63) is 12.3 Å². The zero-order valence-electron chi connectivity index (χ0n) is 3.85. The van der Waals surface area contributed by atoms with E-state index in [9.17, 15) is 4.79 Å². The number of carbonyl (C=O) groups excluding carboxylic acids is 1. The van der Waals surface area contributed by atoms with E-state index >= 15 is 0 Å². The Hall–Kier alpha value is -0.725. The minimum atomic E-state index is -0.514. The summed E-state index contributed by atoms with van der Waals surface area (Å²) in [6.07, 6.45) is -0.171.